The fourth-order valence-electron chi connectivity index (χ4n) is 1.73. The Bertz CT molecular complexity index is 339. The normalized spacial score (nSPS) is 20.2. The third-order valence-electron chi connectivity index (χ3n) is 2.80. The zero-order valence-corrected chi connectivity index (χ0v) is 10.4. The van der Waals surface area contributed by atoms with Gasteiger partial charge in [0.15, 0.2) is 0 Å². The van der Waals surface area contributed by atoms with Crippen LogP contribution < -0.4 is 4.72 Å². The Morgan fingerprint density at radius 2 is 2.12 bits per heavy atom. The average Bonchev–Trinajstić information content (AvgIpc) is 2.29. The van der Waals surface area contributed by atoms with Crippen LogP contribution in [0.25, 0.3) is 0 Å². The molecule has 0 aromatic rings. The molecule has 1 N–H and O–H groups in total. The molecule has 1 saturated heterocycles. The minimum absolute atomic E-state index is 0.141. The fraction of sp³-hybridized carbons (Fsp3) is 0.818. The first-order valence-corrected chi connectivity index (χ1v) is 7.17. The number of hydrogen-bond acceptors (Lipinski definition) is 3. The lowest BCUT2D eigenvalue weighted by Gasteiger charge is -2.24. The summed E-state index contributed by atoms with van der Waals surface area (Å²) in [6, 6.07) is -0.141. The first-order chi connectivity index (χ1) is 7.60. The molecule has 0 bridgehead atoms. The van der Waals surface area contributed by atoms with E-state index < -0.39 is 10.0 Å². The maximum absolute atomic E-state index is 12.0. The third kappa shape index (κ3) is 3.78. The molecule has 1 aliphatic rings. The molecule has 0 aliphatic carbocycles. The molecular formula is C11H19NO3S. The summed E-state index contributed by atoms with van der Waals surface area (Å²) in [6.45, 7) is 2.98. The first kappa shape index (κ1) is 13.5. The SMILES string of the molecule is C#CCC(CC)NS(=O)(=O)C1CCOCC1. The van der Waals surface area contributed by atoms with Crippen molar-refractivity contribution < 1.29 is 13.2 Å². The lowest BCUT2D eigenvalue weighted by molar-refractivity contribution is 0.0980. The second-order valence-electron chi connectivity index (χ2n) is 3.99. The predicted octanol–water partition coefficient (Wildman–Crippen LogP) is 0.887. The highest BCUT2D eigenvalue weighted by molar-refractivity contribution is 7.90. The van der Waals surface area contributed by atoms with Crippen molar-refractivity contribution in [2.45, 2.75) is 43.9 Å². The van der Waals surface area contributed by atoms with Gasteiger partial charge in [-0.25, -0.2) is 13.1 Å². The topological polar surface area (TPSA) is 55.4 Å². The van der Waals surface area contributed by atoms with Crippen molar-refractivity contribution in [2.75, 3.05) is 13.2 Å². The highest BCUT2D eigenvalue weighted by Crippen LogP contribution is 2.15. The monoisotopic (exact) mass is 245 g/mol. The number of ether oxygens (including phenoxy) is 1. The Kier molecular flexibility index (Phi) is 5.26. The lowest BCUT2D eigenvalue weighted by atomic mass is 10.2. The number of terminal acetylenes is 1. The van der Waals surface area contributed by atoms with Gasteiger partial charge in [0.05, 0.1) is 5.25 Å². The van der Waals surface area contributed by atoms with Gasteiger partial charge in [-0.3, -0.25) is 0 Å². The highest BCUT2D eigenvalue weighted by atomic mass is 32.2. The molecule has 0 spiro atoms. The lowest BCUT2D eigenvalue weighted by Crippen LogP contribution is -2.42. The molecule has 92 valence electrons. The van der Waals surface area contributed by atoms with Gasteiger partial charge in [0.25, 0.3) is 0 Å². The molecule has 0 aromatic carbocycles. The molecule has 1 atom stereocenters. The highest BCUT2D eigenvalue weighted by Gasteiger charge is 2.29. The first-order valence-electron chi connectivity index (χ1n) is 5.62. The summed E-state index contributed by atoms with van der Waals surface area (Å²) >= 11 is 0. The number of sulfonamides is 1. The van der Waals surface area contributed by atoms with Crippen LogP contribution in [0.3, 0.4) is 0 Å². The standard InChI is InChI=1S/C11H19NO3S/c1-3-5-10(4-2)12-16(13,14)11-6-8-15-9-7-11/h1,10-12H,4-9H2,2H3. The van der Waals surface area contributed by atoms with Crippen molar-refractivity contribution in [3.05, 3.63) is 0 Å². The molecule has 0 radical (unpaired) electrons. The molecule has 1 rings (SSSR count). The van der Waals surface area contributed by atoms with Crippen LogP contribution in [0.1, 0.15) is 32.6 Å². The minimum atomic E-state index is -3.24. The van der Waals surface area contributed by atoms with Crippen molar-refractivity contribution in [1.82, 2.24) is 4.72 Å². The molecule has 1 heterocycles. The smallest absolute Gasteiger partial charge is 0.214 e. The van der Waals surface area contributed by atoms with E-state index in [0.29, 0.717) is 38.9 Å². The fourth-order valence-corrected chi connectivity index (χ4v) is 3.45. The van der Waals surface area contributed by atoms with Crippen LogP contribution >= 0.6 is 0 Å². The number of hydrogen-bond donors (Lipinski definition) is 1. The van der Waals surface area contributed by atoms with Crippen LogP contribution in [0.4, 0.5) is 0 Å². The van der Waals surface area contributed by atoms with Crippen LogP contribution in [0, 0.1) is 12.3 Å². The quantitative estimate of drug-likeness (QED) is 0.732. The van der Waals surface area contributed by atoms with Gasteiger partial charge in [-0.05, 0) is 19.3 Å². The van der Waals surface area contributed by atoms with E-state index in [1.54, 1.807) is 0 Å². The predicted molar refractivity (Wildman–Crippen MR) is 63.4 cm³/mol. The van der Waals surface area contributed by atoms with E-state index in [0.717, 1.165) is 0 Å². The van der Waals surface area contributed by atoms with E-state index in [4.69, 9.17) is 11.2 Å². The Labute approximate surface area is 97.8 Å². The molecule has 4 nitrogen and oxygen atoms in total. The van der Waals surface area contributed by atoms with Gasteiger partial charge in [0.2, 0.25) is 10.0 Å². The number of nitrogens with one attached hydrogen (secondary N) is 1. The third-order valence-corrected chi connectivity index (χ3v) is 4.81. The van der Waals surface area contributed by atoms with Crippen LogP contribution in [-0.4, -0.2) is 32.9 Å². The molecule has 5 heteroatoms. The van der Waals surface area contributed by atoms with E-state index in [1.807, 2.05) is 6.92 Å². The van der Waals surface area contributed by atoms with Crippen molar-refractivity contribution in [2.24, 2.45) is 0 Å². The van der Waals surface area contributed by atoms with Crippen molar-refractivity contribution >= 4 is 10.0 Å². The summed E-state index contributed by atoms with van der Waals surface area (Å²) in [5.41, 5.74) is 0. The van der Waals surface area contributed by atoms with Gasteiger partial charge in [0.1, 0.15) is 0 Å². The molecule has 1 unspecified atom stereocenters. The Hall–Kier alpha value is -0.570. The summed E-state index contributed by atoms with van der Waals surface area (Å²) in [5, 5.41) is -0.326. The largest absolute Gasteiger partial charge is 0.381 e. The average molecular weight is 245 g/mol. The maximum atomic E-state index is 12.0. The zero-order valence-electron chi connectivity index (χ0n) is 9.61. The minimum Gasteiger partial charge on any atom is -0.381 e. The van der Waals surface area contributed by atoms with E-state index in [1.165, 1.54) is 0 Å². The maximum Gasteiger partial charge on any atom is 0.214 e. The van der Waals surface area contributed by atoms with Crippen LogP contribution in [0.15, 0.2) is 0 Å². The van der Waals surface area contributed by atoms with E-state index >= 15 is 0 Å². The Morgan fingerprint density at radius 3 is 2.62 bits per heavy atom. The van der Waals surface area contributed by atoms with Crippen LogP contribution in [0.5, 0.6) is 0 Å². The molecular weight excluding hydrogens is 226 g/mol. The van der Waals surface area contributed by atoms with E-state index in [-0.39, 0.29) is 11.3 Å². The molecule has 16 heavy (non-hydrogen) atoms. The molecule has 1 fully saturated rings. The molecule has 0 amide bonds. The van der Waals surface area contributed by atoms with Gasteiger partial charge >= 0.3 is 0 Å². The second-order valence-corrected chi connectivity index (χ2v) is 5.98. The summed E-state index contributed by atoms with van der Waals surface area (Å²) in [5.74, 6) is 2.49. The van der Waals surface area contributed by atoms with Gasteiger partial charge in [-0.2, -0.15) is 0 Å². The zero-order chi connectivity index (χ0) is 12.0. The second kappa shape index (κ2) is 6.24. The van der Waals surface area contributed by atoms with Crippen LogP contribution in [-0.2, 0) is 14.8 Å². The molecule has 1 aliphatic heterocycles. The Morgan fingerprint density at radius 1 is 1.50 bits per heavy atom. The Balaban J connectivity index is 2.59. The summed E-state index contributed by atoms with van der Waals surface area (Å²) in [6.07, 6.45) is 7.50. The molecule has 0 aromatic heterocycles. The van der Waals surface area contributed by atoms with Crippen LogP contribution in [0.2, 0.25) is 0 Å². The van der Waals surface area contributed by atoms with Crippen molar-refractivity contribution in [3.8, 4) is 12.3 Å². The van der Waals surface area contributed by atoms with E-state index in [2.05, 4.69) is 10.6 Å². The summed E-state index contributed by atoms with van der Waals surface area (Å²) in [7, 11) is -3.24. The molecule has 0 saturated carbocycles. The van der Waals surface area contributed by atoms with Gasteiger partial charge in [0, 0.05) is 25.7 Å². The van der Waals surface area contributed by atoms with Gasteiger partial charge in [-0.1, -0.05) is 6.92 Å². The van der Waals surface area contributed by atoms with Crippen molar-refractivity contribution in [3.63, 3.8) is 0 Å². The summed E-state index contributed by atoms with van der Waals surface area (Å²) < 4.78 is 31.8. The summed E-state index contributed by atoms with van der Waals surface area (Å²) in [4.78, 5) is 0. The van der Waals surface area contributed by atoms with Crippen molar-refractivity contribution in [1.29, 1.82) is 0 Å². The number of rotatable bonds is 5. The van der Waals surface area contributed by atoms with Gasteiger partial charge < -0.3 is 4.74 Å². The van der Waals surface area contributed by atoms with Gasteiger partial charge in [-0.15, -0.1) is 12.3 Å². The van der Waals surface area contributed by atoms with E-state index in [9.17, 15) is 8.42 Å².